The van der Waals surface area contributed by atoms with E-state index in [4.69, 9.17) is 0 Å². The van der Waals surface area contributed by atoms with E-state index in [1.165, 1.54) is 0 Å². The summed E-state index contributed by atoms with van der Waals surface area (Å²) in [5, 5.41) is 0. The van der Waals surface area contributed by atoms with Gasteiger partial charge >= 0.3 is 6.18 Å². The summed E-state index contributed by atoms with van der Waals surface area (Å²) in [4.78, 5) is 10.9. The van der Waals surface area contributed by atoms with Crippen molar-refractivity contribution in [1.82, 2.24) is 0 Å². The second-order valence-electron chi connectivity index (χ2n) is 5.69. The Morgan fingerprint density at radius 2 is 2.06 bits per heavy atom. The van der Waals surface area contributed by atoms with Crippen LogP contribution in [0.25, 0.3) is 0 Å². The second-order valence-corrected chi connectivity index (χ2v) is 5.69. The van der Waals surface area contributed by atoms with Crippen molar-refractivity contribution in [2.45, 2.75) is 52.1 Å². The van der Waals surface area contributed by atoms with E-state index >= 15 is 0 Å². The van der Waals surface area contributed by atoms with Crippen LogP contribution in [0.1, 0.15) is 46.0 Å². The highest BCUT2D eigenvalue weighted by molar-refractivity contribution is 5.75. The van der Waals surface area contributed by atoms with Gasteiger partial charge in [0.05, 0.1) is 0 Å². The van der Waals surface area contributed by atoms with E-state index < -0.39 is 11.7 Å². The van der Waals surface area contributed by atoms with Crippen LogP contribution in [0.4, 0.5) is 13.2 Å². The van der Waals surface area contributed by atoms with Crippen molar-refractivity contribution in [2.75, 3.05) is 0 Å². The highest BCUT2D eigenvalue weighted by atomic mass is 19.4. The van der Waals surface area contributed by atoms with Gasteiger partial charge in [0.15, 0.2) is 0 Å². The summed E-state index contributed by atoms with van der Waals surface area (Å²) >= 11 is 0. The first-order chi connectivity index (χ1) is 8.15. The molecule has 1 rings (SSSR count). The first-order valence-corrected chi connectivity index (χ1v) is 6.07. The second kappa shape index (κ2) is 5.29. The molecule has 0 saturated heterocycles. The van der Waals surface area contributed by atoms with Crippen LogP contribution in [-0.2, 0) is 4.79 Å². The molecule has 0 radical (unpaired) electrons. The number of aldehydes is 1. The number of halogens is 3. The zero-order chi connectivity index (χ0) is 14.0. The van der Waals surface area contributed by atoms with Crippen molar-refractivity contribution in [2.24, 2.45) is 5.41 Å². The Kier molecular flexibility index (Phi) is 4.41. The molecule has 4 heteroatoms. The number of alkyl halides is 3. The Bertz CT molecular complexity index is 375. The van der Waals surface area contributed by atoms with Gasteiger partial charge in [-0.25, -0.2) is 0 Å². The standard InChI is InChI=1S/C14H19F3O/c1-10(14(15,16)17)4-5-11-8-13(2,3)7-6-12(11)9-18/h9H,1,4-8H2,2-3H3. The summed E-state index contributed by atoms with van der Waals surface area (Å²) in [5.74, 6) is 0. The third kappa shape index (κ3) is 4.00. The number of hydrogen-bond donors (Lipinski definition) is 0. The molecule has 0 aromatic rings. The van der Waals surface area contributed by atoms with Gasteiger partial charge in [0.1, 0.15) is 6.29 Å². The molecule has 1 aliphatic rings. The van der Waals surface area contributed by atoms with E-state index in [2.05, 4.69) is 20.4 Å². The fourth-order valence-electron chi connectivity index (χ4n) is 2.26. The van der Waals surface area contributed by atoms with E-state index in [1.807, 2.05) is 0 Å². The zero-order valence-corrected chi connectivity index (χ0v) is 10.9. The number of carbonyl (C=O) groups excluding carboxylic acids is 1. The van der Waals surface area contributed by atoms with Crippen molar-refractivity contribution in [3.05, 3.63) is 23.3 Å². The van der Waals surface area contributed by atoms with Crippen LogP contribution < -0.4 is 0 Å². The molecule has 0 fully saturated rings. The molecule has 0 atom stereocenters. The molecule has 0 saturated carbocycles. The Hall–Kier alpha value is -1.06. The van der Waals surface area contributed by atoms with Gasteiger partial charge in [-0.05, 0) is 43.1 Å². The minimum Gasteiger partial charge on any atom is -0.298 e. The lowest BCUT2D eigenvalue weighted by molar-refractivity contribution is -0.105. The van der Waals surface area contributed by atoms with E-state index in [0.29, 0.717) is 18.4 Å². The molecule has 0 aliphatic heterocycles. The van der Waals surface area contributed by atoms with Crippen LogP contribution >= 0.6 is 0 Å². The molecule has 0 aromatic carbocycles. The molecule has 0 heterocycles. The van der Waals surface area contributed by atoms with Crippen molar-refractivity contribution < 1.29 is 18.0 Å². The lowest BCUT2D eigenvalue weighted by Gasteiger charge is -2.32. The molecule has 0 amide bonds. The first-order valence-electron chi connectivity index (χ1n) is 6.07. The molecule has 102 valence electrons. The maximum atomic E-state index is 12.3. The zero-order valence-electron chi connectivity index (χ0n) is 10.9. The van der Waals surface area contributed by atoms with Crippen LogP contribution in [0, 0.1) is 5.41 Å². The van der Waals surface area contributed by atoms with Crippen molar-refractivity contribution in [1.29, 1.82) is 0 Å². The quantitative estimate of drug-likeness (QED) is 0.533. The molecule has 0 unspecified atom stereocenters. The van der Waals surface area contributed by atoms with Gasteiger partial charge in [-0.3, -0.25) is 4.79 Å². The van der Waals surface area contributed by atoms with Crippen LogP contribution in [0.15, 0.2) is 23.3 Å². The minimum absolute atomic E-state index is 0.0708. The van der Waals surface area contributed by atoms with Gasteiger partial charge in [-0.1, -0.05) is 26.0 Å². The SMILES string of the molecule is C=C(CCC1=C(C=O)CCC(C)(C)C1)C(F)(F)F. The lowest BCUT2D eigenvalue weighted by atomic mass is 9.73. The van der Waals surface area contributed by atoms with E-state index in [0.717, 1.165) is 18.3 Å². The van der Waals surface area contributed by atoms with E-state index in [9.17, 15) is 18.0 Å². The first kappa shape index (κ1) is 15.0. The molecular formula is C14H19F3O. The van der Waals surface area contributed by atoms with Crippen LogP contribution in [0.2, 0.25) is 0 Å². The average Bonchev–Trinajstić information content (AvgIpc) is 2.23. The number of allylic oxidation sites excluding steroid dienone is 3. The van der Waals surface area contributed by atoms with Crippen LogP contribution in [0.5, 0.6) is 0 Å². The van der Waals surface area contributed by atoms with Gasteiger partial charge in [0.2, 0.25) is 0 Å². The predicted octanol–water partition coefficient (Wildman–Crippen LogP) is 4.59. The third-order valence-corrected chi connectivity index (χ3v) is 3.49. The number of rotatable bonds is 4. The summed E-state index contributed by atoms with van der Waals surface area (Å²) < 4.78 is 37.0. The molecule has 0 spiro atoms. The van der Waals surface area contributed by atoms with Crippen molar-refractivity contribution in [3.63, 3.8) is 0 Å². The monoisotopic (exact) mass is 260 g/mol. The van der Waals surface area contributed by atoms with Gasteiger partial charge in [-0.15, -0.1) is 0 Å². The van der Waals surface area contributed by atoms with Crippen LogP contribution in [0.3, 0.4) is 0 Å². The molecule has 1 aliphatic carbocycles. The predicted molar refractivity (Wildman–Crippen MR) is 65.2 cm³/mol. The average molecular weight is 260 g/mol. The smallest absolute Gasteiger partial charge is 0.298 e. The van der Waals surface area contributed by atoms with E-state index in [1.54, 1.807) is 0 Å². The minimum atomic E-state index is -4.33. The maximum Gasteiger partial charge on any atom is 0.412 e. The van der Waals surface area contributed by atoms with Crippen molar-refractivity contribution in [3.8, 4) is 0 Å². The number of hydrogen-bond acceptors (Lipinski definition) is 1. The normalized spacial score (nSPS) is 19.8. The molecule has 18 heavy (non-hydrogen) atoms. The molecule has 0 N–H and O–H groups in total. The fourth-order valence-corrected chi connectivity index (χ4v) is 2.26. The lowest BCUT2D eigenvalue weighted by Crippen LogP contribution is -2.19. The topological polar surface area (TPSA) is 17.1 Å². The summed E-state index contributed by atoms with van der Waals surface area (Å²) in [6.45, 7) is 7.21. The third-order valence-electron chi connectivity index (χ3n) is 3.49. The largest absolute Gasteiger partial charge is 0.412 e. The van der Waals surface area contributed by atoms with Gasteiger partial charge in [0.25, 0.3) is 0 Å². The Balaban J connectivity index is 2.72. The molecule has 0 bridgehead atoms. The van der Waals surface area contributed by atoms with E-state index in [-0.39, 0.29) is 18.3 Å². The van der Waals surface area contributed by atoms with Gasteiger partial charge < -0.3 is 0 Å². The Morgan fingerprint density at radius 1 is 1.44 bits per heavy atom. The van der Waals surface area contributed by atoms with Gasteiger partial charge in [-0.2, -0.15) is 13.2 Å². The van der Waals surface area contributed by atoms with Gasteiger partial charge in [0, 0.05) is 5.57 Å². The molecular weight excluding hydrogens is 241 g/mol. The summed E-state index contributed by atoms with van der Waals surface area (Å²) in [5.41, 5.74) is 0.904. The van der Waals surface area contributed by atoms with Crippen LogP contribution in [-0.4, -0.2) is 12.5 Å². The highest BCUT2D eigenvalue weighted by Gasteiger charge is 2.32. The fraction of sp³-hybridized carbons (Fsp3) is 0.643. The number of carbonyl (C=O) groups is 1. The Morgan fingerprint density at radius 3 is 2.56 bits per heavy atom. The van der Waals surface area contributed by atoms with Crippen molar-refractivity contribution >= 4 is 6.29 Å². The maximum absolute atomic E-state index is 12.3. The molecule has 0 aromatic heterocycles. The highest BCUT2D eigenvalue weighted by Crippen LogP contribution is 2.40. The summed E-state index contributed by atoms with van der Waals surface area (Å²) in [6, 6.07) is 0. The molecule has 1 nitrogen and oxygen atoms in total. The summed E-state index contributed by atoms with van der Waals surface area (Å²) in [7, 11) is 0. The summed E-state index contributed by atoms with van der Waals surface area (Å²) in [6.07, 6.45) is -1.09. The Labute approximate surface area is 106 Å².